The molecule has 1 atom stereocenters. The molecular formula is C13H27N3O. The van der Waals surface area contributed by atoms with Gasteiger partial charge in [-0.05, 0) is 46.2 Å². The molecule has 1 saturated carbocycles. The van der Waals surface area contributed by atoms with Gasteiger partial charge in [0.25, 0.3) is 0 Å². The molecule has 0 heterocycles. The lowest BCUT2D eigenvalue weighted by Crippen LogP contribution is -2.49. The Balaban J connectivity index is 2.23. The molecule has 0 aromatic rings. The molecule has 4 nitrogen and oxygen atoms in total. The number of nitrogens with two attached hydrogens (primary N) is 2. The first-order valence-electron chi connectivity index (χ1n) is 6.72. The quantitative estimate of drug-likeness (QED) is 0.734. The topological polar surface area (TPSA) is 72.3 Å². The number of hydrogen-bond acceptors (Lipinski definition) is 3. The summed E-state index contributed by atoms with van der Waals surface area (Å²) in [6, 6.07) is 0.723. The molecule has 4 heteroatoms. The molecule has 4 N–H and O–H groups in total. The van der Waals surface area contributed by atoms with Crippen LogP contribution in [0.2, 0.25) is 0 Å². The Hall–Kier alpha value is -0.610. The molecule has 0 aromatic heterocycles. The van der Waals surface area contributed by atoms with E-state index in [1.165, 1.54) is 32.1 Å². The third-order valence-electron chi connectivity index (χ3n) is 3.97. The molecule has 0 saturated heterocycles. The molecule has 0 radical (unpaired) electrons. The van der Waals surface area contributed by atoms with E-state index < -0.39 is 11.4 Å². The maximum atomic E-state index is 11.1. The van der Waals surface area contributed by atoms with Crippen LogP contribution < -0.4 is 11.5 Å². The summed E-state index contributed by atoms with van der Waals surface area (Å²) in [6.45, 7) is 2.72. The summed E-state index contributed by atoms with van der Waals surface area (Å²) in [5.74, 6) is -0.405. The minimum absolute atomic E-state index is 0.405. The van der Waals surface area contributed by atoms with Crippen LogP contribution >= 0.6 is 0 Å². The van der Waals surface area contributed by atoms with Gasteiger partial charge in [-0.2, -0.15) is 0 Å². The van der Waals surface area contributed by atoms with Crippen LogP contribution in [0.4, 0.5) is 0 Å². The zero-order chi connectivity index (χ0) is 12.9. The predicted molar refractivity (Wildman–Crippen MR) is 70.5 cm³/mol. The fourth-order valence-corrected chi connectivity index (χ4v) is 2.52. The Kier molecular flexibility index (Phi) is 5.40. The summed E-state index contributed by atoms with van der Waals surface area (Å²) in [7, 11) is 2.17. The first-order valence-corrected chi connectivity index (χ1v) is 6.72. The summed E-state index contributed by atoms with van der Waals surface area (Å²) in [6.07, 6.45) is 8.31. The van der Waals surface area contributed by atoms with Crippen LogP contribution in [0.5, 0.6) is 0 Å². The highest BCUT2D eigenvalue weighted by Gasteiger charge is 2.25. The van der Waals surface area contributed by atoms with Crippen molar-refractivity contribution in [3.8, 4) is 0 Å². The molecule has 100 valence electrons. The van der Waals surface area contributed by atoms with Crippen molar-refractivity contribution in [2.24, 2.45) is 11.5 Å². The summed E-state index contributed by atoms with van der Waals surface area (Å²) >= 11 is 0. The van der Waals surface area contributed by atoms with Crippen LogP contribution in [-0.2, 0) is 4.79 Å². The number of amides is 1. The van der Waals surface area contributed by atoms with Crippen molar-refractivity contribution in [1.29, 1.82) is 0 Å². The predicted octanol–water partition coefficient (Wildman–Crippen LogP) is 1.23. The van der Waals surface area contributed by atoms with Gasteiger partial charge in [-0.1, -0.05) is 19.3 Å². The second-order valence-corrected chi connectivity index (χ2v) is 5.66. The van der Waals surface area contributed by atoms with E-state index in [1.54, 1.807) is 6.92 Å². The van der Waals surface area contributed by atoms with E-state index in [9.17, 15) is 4.79 Å². The van der Waals surface area contributed by atoms with Gasteiger partial charge in [-0.25, -0.2) is 0 Å². The lowest BCUT2D eigenvalue weighted by atomic mass is 9.93. The van der Waals surface area contributed by atoms with Crippen LogP contribution in [-0.4, -0.2) is 36.0 Å². The fraction of sp³-hybridized carbons (Fsp3) is 0.923. The Morgan fingerprint density at radius 3 is 2.47 bits per heavy atom. The van der Waals surface area contributed by atoms with Gasteiger partial charge in [0.2, 0.25) is 5.91 Å². The smallest absolute Gasteiger partial charge is 0.237 e. The minimum Gasteiger partial charge on any atom is -0.368 e. The summed E-state index contributed by atoms with van der Waals surface area (Å²) in [5.41, 5.74) is 10.2. The summed E-state index contributed by atoms with van der Waals surface area (Å²) in [4.78, 5) is 13.5. The third-order valence-corrected chi connectivity index (χ3v) is 3.97. The standard InChI is InChI=1S/C13H27N3O/c1-13(15,12(14)17)9-6-10-16(2)11-7-4-3-5-8-11/h11H,3-10,15H2,1-2H3,(H2,14,17). The summed E-state index contributed by atoms with van der Waals surface area (Å²) in [5, 5.41) is 0. The van der Waals surface area contributed by atoms with E-state index in [0.717, 1.165) is 19.0 Å². The minimum atomic E-state index is -0.854. The lowest BCUT2D eigenvalue weighted by molar-refractivity contribution is -0.122. The van der Waals surface area contributed by atoms with Crippen molar-refractivity contribution < 1.29 is 4.79 Å². The number of carbonyl (C=O) groups is 1. The highest BCUT2D eigenvalue weighted by atomic mass is 16.1. The number of hydrogen-bond donors (Lipinski definition) is 2. The molecule has 1 fully saturated rings. The van der Waals surface area contributed by atoms with Crippen LogP contribution in [0.25, 0.3) is 0 Å². The molecule has 0 bridgehead atoms. The van der Waals surface area contributed by atoms with Crippen molar-refractivity contribution in [1.82, 2.24) is 4.90 Å². The van der Waals surface area contributed by atoms with Crippen LogP contribution in [0.3, 0.4) is 0 Å². The number of nitrogens with zero attached hydrogens (tertiary/aromatic N) is 1. The van der Waals surface area contributed by atoms with Gasteiger partial charge in [-0.3, -0.25) is 4.79 Å². The average molecular weight is 241 g/mol. The maximum absolute atomic E-state index is 11.1. The van der Waals surface area contributed by atoms with Gasteiger partial charge in [0.15, 0.2) is 0 Å². The zero-order valence-electron chi connectivity index (χ0n) is 11.2. The molecule has 1 amide bonds. The average Bonchev–Trinajstić information content (AvgIpc) is 2.29. The number of primary amides is 1. The van der Waals surface area contributed by atoms with Crippen molar-refractivity contribution in [2.45, 2.75) is 63.5 Å². The molecule has 0 aromatic carbocycles. The third kappa shape index (κ3) is 4.64. The molecule has 1 aliphatic carbocycles. The largest absolute Gasteiger partial charge is 0.368 e. The van der Waals surface area contributed by atoms with E-state index in [1.807, 2.05) is 0 Å². The van der Waals surface area contributed by atoms with Crippen molar-refractivity contribution >= 4 is 5.91 Å². The molecule has 1 unspecified atom stereocenters. The first-order chi connectivity index (χ1) is 7.93. The molecular weight excluding hydrogens is 214 g/mol. The number of carbonyl (C=O) groups excluding carboxylic acids is 1. The van der Waals surface area contributed by atoms with Gasteiger partial charge < -0.3 is 16.4 Å². The van der Waals surface area contributed by atoms with Crippen LogP contribution in [0.1, 0.15) is 51.9 Å². The summed E-state index contributed by atoms with van der Waals surface area (Å²) < 4.78 is 0. The Morgan fingerprint density at radius 2 is 1.94 bits per heavy atom. The van der Waals surface area contributed by atoms with Crippen LogP contribution in [0.15, 0.2) is 0 Å². The number of rotatable bonds is 6. The molecule has 0 aliphatic heterocycles. The zero-order valence-corrected chi connectivity index (χ0v) is 11.2. The van der Waals surface area contributed by atoms with E-state index >= 15 is 0 Å². The molecule has 0 spiro atoms. The van der Waals surface area contributed by atoms with Crippen LogP contribution in [0, 0.1) is 0 Å². The monoisotopic (exact) mass is 241 g/mol. The SMILES string of the molecule is CN(CCCC(C)(N)C(N)=O)C1CCCCC1. The highest BCUT2D eigenvalue weighted by Crippen LogP contribution is 2.22. The van der Waals surface area contributed by atoms with Gasteiger partial charge >= 0.3 is 0 Å². The van der Waals surface area contributed by atoms with Gasteiger partial charge in [0, 0.05) is 6.04 Å². The first kappa shape index (κ1) is 14.5. The Labute approximate surface area is 105 Å². The second-order valence-electron chi connectivity index (χ2n) is 5.66. The van der Waals surface area contributed by atoms with E-state index in [4.69, 9.17) is 11.5 Å². The molecule has 17 heavy (non-hydrogen) atoms. The van der Waals surface area contributed by atoms with E-state index in [-0.39, 0.29) is 0 Å². The van der Waals surface area contributed by atoms with Crippen molar-refractivity contribution in [3.05, 3.63) is 0 Å². The lowest BCUT2D eigenvalue weighted by Gasteiger charge is -2.32. The van der Waals surface area contributed by atoms with Gasteiger partial charge in [-0.15, -0.1) is 0 Å². The Bertz CT molecular complexity index is 247. The van der Waals surface area contributed by atoms with E-state index in [2.05, 4.69) is 11.9 Å². The highest BCUT2D eigenvalue weighted by molar-refractivity contribution is 5.83. The normalized spacial score (nSPS) is 21.4. The second kappa shape index (κ2) is 6.36. The maximum Gasteiger partial charge on any atom is 0.237 e. The fourth-order valence-electron chi connectivity index (χ4n) is 2.52. The molecule has 1 rings (SSSR count). The van der Waals surface area contributed by atoms with Crippen molar-refractivity contribution in [2.75, 3.05) is 13.6 Å². The van der Waals surface area contributed by atoms with Gasteiger partial charge in [0.05, 0.1) is 5.54 Å². The van der Waals surface area contributed by atoms with Gasteiger partial charge in [0.1, 0.15) is 0 Å². The molecule has 1 aliphatic rings. The Morgan fingerprint density at radius 1 is 1.35 bits per heavy atom. The van der Waals surface area contributed by atoms with E-state index in [0.29, 0.717) is 6.42 Å². The van der Waals surface area contributed by atoms with Crippen molar-refractivity contribution in [3.63, 3.8) is 0 Å².